The average molecular weight is 267 g/mol. The average Bonchev–Trinajstić information content (AvgIpc) is 2.93. The molecule has 0 saturated heterocycles. The summed E-state index contributed by atoms with van der Waals surface area (Å²) < 4.78 is 7.35. The van der Waals surface area contributed by atoms with Crippen LogP contribution in [-0.2, 0) is 0 Å². The molecule has 20 heavy (non-hydrogen) atoms. The molecule has 1 aromatic carbocycles. The number of aromatic nitrogens is 2. The molecule has 0 spiro atoms. The number of hydrogen-bond donors (Lipinski definition) is 1. The molecule has 4 heteroatoms. The first-order valence-electron chi connectivity index (χ1n) is 6.54. The molecular formula is C16H17N3O. The summed E-state index contributed by atoms with van der Waals surface area (Å²) in [6, 6.07) is 10.1. The monoisotopic (exact) mass is 267 g/mol. The van der Waals surface area contributed by atoms with Gasteiger partial charge in [0.2, 0.25) is 0 Å². The zero-order chi connectivity index (χ0) is 14.3. The van der Waals surface area contributed by atoms with Crippen LogP contribution in [-0.4, -0.2) is 9.78 Å². The minimum Gasteiger partial charge on any atom is -0.466 e. The maximum Gasteiger partial charge on any atom is 0.119 e. The molecule has 0 aliphatic carbocycles. The Bertz CT molecular complexity index is 751. The Hall–Kier alpha value is -2.49. The van der Waals surface area contributed by atoms with Crippen molar-refractivity contribution in [3.05, 3.63) is 53.6 Å². The number of furan rings is 1. The zero-order valence-electron chi connectivity index (χ0n) is 11.8. The van der Waals surface area contributed by atoms with Crippen LogP contribution in [0.3, 0.4) is 0 Å². The van der Waals surface area contributed by atoms with E-state index in [1.165, 1.54) is 5.56 Å². The van der Waals surface area contributed by atoms with Crippen LogP contribution in [0.2, 0.25) is 0 Å². The fourth-order valence-corrected chi connectivity index (χ4v) is 2.29. The van der Waals surface area contributed by atoms with E-state index in [-0.39, 0.29) is 0 Å². The molecule has 0 radical (unpaired) electrons. The maximum absolute atomic E-state index is 6.09. The number of hydrogen-bond acceptors (Lipinski definition) is 3. The largest absolute Gasteiger partial charge is 0.466 e. The summed E-state index contributed by atoms with van der Waals surface area (Å²) in [5, 5.41) is 4.59. The van der Waals surface area contributed by atoms with E-state index in [4.69, 9.17) is 10.2 Å². The Morgan fingerprint density at radius 2 is 1.80 bits per heavy atom. The van der Waals surface area contributed by atoms with E-state index in [9.17, 15) is 0 Å². The minimum atomic E-state index is 0.648. The van der Waals surface area contributed by atoms with Gasteiger partial charge in [0.15, 0.2) is 0 Å². The summed E-state index contributed by atoms with van der Waals surface area (Å²) in [4.78, 5) is 0. The van der Waals surface area contributed by atoms with Gasteiger partial charge >= 0.3 is 0 Å². The smallest absolute Gasteiger partial charge is 0.119 e. The lowest BCUT2D eigenvalue weighted by Gasteiger charge is -2.01. The number of benzene rings is 1. The lowest BCUT2D eigenvalue weighted by molar-refractivity contribution is 0.505. The number of nitrogens with two attached hydrogens (primary N) is 1. The quantitative estimate of drug-likeness (QED) is 0.771. The van der Waals surface area contributed by atoms with Crippen LogP contribution in [0.15, 0.2) is 40.9 Å². The predicted octanol–water partition coefficient (Wildman–Crippen LogP) is 3.64. The third kappa shape index (κ3) is 2.09. The summed E-state index contributed by atoms with van der Waals surface area (Å²) in [7, 11) is 0. The van der Waals surface area contributed by atoms with Crippen LogP contribution in [0.4, 0.5) is 5.69 Å². The van der Waals surface area contributed by atoms with Crippen molar-refractivity contribution in [1.82, 2.24) is 9.78 Å². The van der Waals surface area contributed by atoms with Gasteiger partial charge in [0, 0.05) is 5.56 Å². The van der Waals surface area contributed by atoms with Crippen molar-refractivity contribution in [1.29, 1.82) is 0 Å². The van der Waals surface area contributed by atoms with Gasteiger partial charge in [-0.1, -0.05) is 17.7 Å². The molecule has 0 amide bonds. The van der Waals surface area contributed by atoms with Gasteiger partial charge in [-0.3, -0.25) is 0 Å². The molecule has 102 valence electrons. The van der Waals surface area contributed by atoms with E-state index in [1.54, 1.807) is 4.68 Å². The summed E-state index contributed by atoms with van der Waals surface area (Å²) in [6.45, 7) is 5.90. The van der Waals surface area contributed by atoms with Gasteiger partial charge in [0.05, 0.1) is 17.6 Å². The van der Waals surface area contributed by atoms with Crippen molar-refractivity contribution in [2.24, 2.45) is 0 Å². The van der Waals surface area contributed by atoms with Gasteiger partial charge in [0.25, 0.3) is 0 Å². The molecule has 3 rings (SSSR count). The van der Waals surface area contributed by atoms with Crippen molar-refractivity contribution in [3.8, 4) is 16.9 Å². The lowest BCUT2D eigenvalue weighted by atomic mass is 10.1. The Morgan fingerprint density at radius 1 is 1.10 bits per heavy atom. The van der Waals surface area contributed by atoms with Gasteiger partial charge in [0.1, 0.15) is 17.2 Å². The maximum atomic E-state index is 6.09. The van der Waals surface area contributed by atoms with Gasteiger partial charge in [-0.25, -0.2) is 4.68 Å². The van der Waals surface area contributed by atoms with Gasteiger partial charge in [-0.05, 0) is 39.0 Å². The summed E-state index contributed by atoms with van der Waals surface area (Å²) in [5.74, 6) is 1.70. The highest BCUT2D eigenvalue weighted by atomic mass is 16.3. The second-order valence-electron chi connectivity index (χ2n) is 5.04. The summed E-state index contributed by atoms with van der Waals surface area (Å²) in [5.41, 5.74) is 10.7. The fourth-order valence-electron chi connectivity index (χ4n) is 2.29. The predicted molar refractivity (Wildman–Crippen MR) is 79.9 cm³/mol. The van der Waals surface area contributed by atoms with E-state index < -0.39 is 0 Å². The molecule has 2 N–H and O–H groups in total. The van der Waals surface area contributed by atoms with Crippen LogP contribution in [0.1, 0.15) is 17.1 Å². The molecule has 0 fully saturated rings. The van der Waals surface area contributed by atoms with Crippen LogP contribution >= 0.6 is 0 Å². The minimum absolute atomic E-state index is 0.648. The van der Waals surface area contributed by atoms with Crippen molar-refractivity contribution in [3.63, 3.8) is 0 Å². The first-order chi connectivity index (χ1) is 9.54. The van der Waals surface area contributed by atoms with Gasteiger partial charge in [-0.2, -0.15) is 5.10 Å². The fraction of sp³-hybridized carbons (Fsp3) is 0.188. The number of anilines is 1. The third-order valence-electron chi connectivity index (χ3n) is 3.34. The first-order valence-corrected chi connectivity index (χ1v) is 6.54. The van der Waals surface area contributed by atoms with Crippen molar-refractivity contribution in [2.45, 2.75) is 20.8 Å². The Labute approximate surface area is 117 Å². The van der Waals surface area contributed by atoms with E-state index >= 15 is 0 Å². The van der Waals surface area contributed by atoms with Crippen molar-refractivity contribution in [2.75, 3.05) is 5.73 Å². The molecule has 0 aliphatic heterocycles. The van der Waals surface area contributed by atoms with Crippen LogP contribution in [0.25, 0.3) is 16.9 Å². The molecule has 0 unspecified atom stereocenters. The normalized spacial score (nSPS) is 10.9. The highest BCUT2D eigenvalue weighted by Gasteiger charge is 2.15. The molecule has 0 atom stereocenters. The lowest BCUT2D eigenvalue weighted by Crippen LogP contribution is -1.94. The van der Waals surface area contributed by atoms with Crippen LogP contribution < -0.4 is 5.73 Å². The first kappa shape index (κ1) is 12.5. The highest BCUT2D eigenvalue weighted by molar-refractivity contribution is 5.74. The molecule has 2 heterocycles. The highest BCUT2D eigenvalue weighted by Crippen LogP contribution is 2.30. The molecular weight excluding hydrogens is 250 g/mol. The van der Waals surface area contributed by atoms with E-state index in [1.807, 2.05) is 38.2 Å². The van der Waals surface area contributed by atoms with Crippen molar-refractivity contribution >= 4 is 5.69 Å². The topological polar surface area (TPSA) is 57.0 Å². The molecule has 0 aliphatic rings. The molecule has 2 aromatic heterocycles. The SMILES string of the molecule is Cc1ccc(-n2cc(N)c(-c3cc(C)oc3C)n2)cc1. The van der Waals surface area contributed by atoms with Gasteiger partial charge in [-0.15, -0.1) is 0 Å². The number of aryl methyl sites for hydroxylation is 3. The molecule has 0 bridgehead atoms. The summed E-state index contributed by atoms with van der Waals surface area (Å²) in [6.07, 6.45) is 1.84. The molecule has 0 saturated carbocycles. The van der Waals surface area contributed by atoms with E-state index in [2.05, 4.69) is 24.2 Å². The van der Waals surface area contributed by atoms with Crippen molar-refractivity contribution < 1.29 is 4.42 Å². The van der Waals surface area contributed by atoms with Crippen LogP contribution in [0, 0.1) is 20.8 Å². The number of nitrogens with zero attached hydrogens (tertiary/aromatic N) is 2. The molecule has 4 nitrogen and oxygen atoms in total. The number of rotatable bonds is 2. The molecule has 3 aromatic rings. The van der Waals surface area contributed by atoms with Crippen LogP contribution in [0.5, 0.6) is 0 Å². The third-order valence-corrected chi connectivity index (χ3v) is 3.34. The summed E-state index contributed by atoms with van der Waals surface area (Å²) >= 11 is 0. The van der Waals surface area contributed by atoms with E-state index in [0.29, 0.717) is 5.69 Å². The standard InChI is InChI=1S/C16H17N3O/c1-10-4-6-13(7-5-10)19-9-15(17)16(18-19)14-8-11(2)20-12(14)3/h4-9H,17H2,1-3H3. The zero-order valence-corrected chi connectivity index (χ0v) is 11.8. The second kappa shape index (κ2) is 4.56. The second-order valence-corrected chi connectivity index (χ2v) is 5.04. The Kier molecular flexibility index (Phi) is 2.86. The van der Waals surface area contributed by atoms with E-state index in [0.717, 1.165) is 28.5 Å². The Balaban J connectivity index is 2.07. The Morgan fingerprint density at radius 3 is 2.40 bits per heavy atom. The number of nitrogen functional groups attached to an aromatic ring is 1. The van der Waals surface area contributed by atoms with Gasteiger partial charge < -0.3 is 10.2 Å².